The van der Waals surface area contributed by atoms with Crippen LogP contribution < -0.4 is 5.73 Å². The standard InChI is InChI=1S/C9H12N2O2S/c1-13-9(12)6-14-5-8-4-7(10)2-3-11-8/h2-4H,5-6H2,1H3,(H2,10,11). The molecule has 0 bridgehead atoms. The van der Waals surface area contributed by atoms with Crippen LogP contribution in [0.15, 0.2) is 18.3 Å². The first-order chi connectivity index (χ1) is 6.72. The number of hydrogen-bond donors (Lipinski definition) is 1. The third kappa shape index (κ3) is 3.66. The zero-order chi connectivity index (χ0) is 10.4. The number of methoxy groups -OCH3 is 1. The quantitative estimate of drug-likeness (QED) is 0.756. The van der Waals surface area contributed by atoms with Gasteiger partial charge in [0, 0.05) is 17.6 Å². The van der Waals surface area contributed by atoms with Crippen LogP contribution in [0.4, 0.5) is 5.69 Å². The van der Waals surface area contributed by atoms with Crippen molar-refractivity contribution in [1.82, 2.24) is 4.98 Å². The predicted molar refractivity (Wildman–Crippen MR) is 56.8 cm³/mol. The van der Waals surface area contributed by atoms with Gasteiger partial charge in [0.05, 0.1) is 18.6 Å². The lowest BCUT2D eigenvalue weighted by Gasteiger charge is -2.00. The van der Waals surface area contributed by atoms with Crippen molar-refractivity contribution >= 4 is 23.4 Å². The number of pyridine rings is 1. The zero-order valence-electron chi connectivity index (χ0n) is 7.90. The molecule has 0 aliphatic rings. The molecular formula is C9H12N2O2S. The number of nitrogens with zero attached hydrogens (tertiary/aromatic N) is 1. The van der Waals surface area contributed by atoms with E-state index in [1.807, 2.05) is 0 Å². The van der Waals surface area contributed by atoms with Crippen molar-refractivity contribution < 1.29 is 9.53 Å². The van der Waals surface area contributed by atoms with E-state index in [4.69, 9.17) is 5.73 Å². The molecule has 0 aliphatic heterocycles. The number of ether oxygens (including phenoxy) is 1. The fraction of sp³-hybridized carbons (Fsp3) is 0.333. The largest absolute Gasteiger partial charge is 0.468 e. The van der Waals surface area contributed by atoms with Gasteiger partial charge in [-0.3, -0.25) is 9.78 Å². The molecule has 0 saturated carbocycles. The summed E-state index contributed by atoms with van der Waals surface area (Å²) in [4.78, 5) is 14.9. The van der Waals surface area contributed by atoms with Crippen LogP contribution in [0.25, 0.3) is 0 Å². The average Bonchev–Trinajstić information content (AvgIpc) is 2.17. The molecule has 0 atom stereocenters. The molecule has 0 radical (unpaired) electrons. The Labute approximate surface area is 86.8 Å². The molecule has 4 nitrogen and oxygen atoms in total. The third-order valence-corrected chi connectivity index (χ3v) is 2.48. The Hall–Kier alpha value is -1.23. The molecule has 1 aromatic rings. The third-order valence-electron chi connectivity index (χ3n) is 1.54. The second kappa shape index (κ2) is 5.49. The monoisotopic (exact) mass is 212 g/mol. The number of esters is 1. The van der Waals surface area contributed by atoms with Crippen molar-refractivity contribution in [3.63, 3.8) is 0 Å². The van der Waals surface area contributed by atoms with E-state index in [0.29, 0.717) is 17.2 Å². The molecule has 2 N–H and O–H groups in total. The second-order valence-corrected chi connectivity index (χ2v) is 3.64. The molecule has 76 valence electrons. The number of anilines is 1. The predicted octanol–water partition coefficient (Wildman–Crippen LogP) is 1.07. The van der Waals surface area contributed by atoms with E-state index in [9.17, 15) is 4.79 Å². The van der Waals surface area contributed by atoms with Gasteiger partial charge in [0.2, 0.25) is 0 Å². The van der Waals surface area contributed by atoms with Gasteiger partial charge in [-0.1, -0.05) is 0 Å². The fourth-order valence-electron chi connectivity index (χ4n) is 0.874. The molecule has 0 saturated heterocycles. The maximum Gasteiger partial charge on any atom is 0.315 e. The van der Waals surface area contributed by atoms with Crippen molar-refractivity contribution in [1.29, 1.82) is 0 Å². The van der Waals surface area contributed by atoms with Crippen LogP contribution in [0.2, 0.25) is 0 Å². The number of nitrogen functional groups attached to an aromatic ring is 1. The molecule has 0 unspecified atom stereocenters. The van der Waals surface area contributed by atoms with Gasteiger partial charge in [0.25, 0.3) is 0 Å². The number of carbonyl (C=O) groups is 1. The molecule has 1 aromatic heterocycles. The normalized spacial score (nSPS) is 9.79. The number of rotatable bonds is 4. The van der Waals surface area contributed by atoms with Gasteiger partial charge >= 0.3 is 5.97 Å². The average molecular weight is 212 g/mol. The highest BCUT2D eigenvalue weighted by molar-refractivity contribution is 7.99. The van der Waals surface area contributed by atoms with Crippen LogP contribution >= 0.6 is 11.8 Å². The Morgan fingerprint density at radius 3 is 3.14 bits per heavy atom. The van der Waals surface area contributed by atoms with Gasteiger partial charge in [-0.15, -0.1) is 11.8 Å². The van der Waals surface area contributed by atoms with Crippen molar-refractivity contribution in [2.24, 2.45) is 0 Å². The highest BCUT2D eigenvalue weighted by Crippen LogP contribution is 2.12. The van der Waals surface area contributed by atoms with Crippen molar-refractivity contribution in [2.45, 2.75) is 5.75 Å². The molecule has 0 aromatic carbocycles. The summed E-state index contributed by atoms with van der Waals surface area (Å²) in [5, 5.41) is 0. The maximum absolute atomic E-state index is 10.8. The van der Waals surface area contributed by atoms with Crippen molar-refractivity contribution in [3.05, 3.63) is 24.0 Å². The summed E-state index contributed by atoms with van der Waals surface area (Å²) >= 11 is 1.46. The van der Waals surface area contributed by atoms with Gasteiger partial charge in [-0.25, -0.2) is 0 Å². The highest BCUT2D eigenvalue weighted by atomic mass is 32.2. The first kappa shape index (κ1) is 10.8. The minimum atomic E-state index is -0.223. The summed E-state index contributed by atoms with van der Waals surface area (Å²) in [6.07, 6.45) is 1.66. The van der Waals surface area contributed by atoms with E-state index in [-0.39, 0.29) is 5.97 Å². The first-order valence-corrected chi connectivity index (χ1v) is 5.23. The van der Waals surface area contributed by atoms with Crippen LogP contribution in [-0.2, 0) is 15.3 Å². The summed E-state index contributed by atoms with van der Waals surface area (Å²) in [7, 11) is 1.38. The molecule has 0 spiro atoms. The number of aromatic nitrogens is 1. The molecule has 5 heteroatoms. The van der Waals surface area contributed by atoms with E-state index in [1.54, 1.807) is 18.3 Å². The summed E-state index contributed by atoms with van der Waals surface area (Å²) in [6, 6.07) is 3.53. The fourth-order valence-corrected chi connectivity index (χ4v) is 1.63. The SMILES string of the molecule is COC(=O)CSCc1cc(N)ccn1. The van der Waals surface area contributed by atoms with Crippen molar-refractivity contribution in [3.8, 4) is 0 Å². The van der Waals surface area contributed by atoms with Crippen LogP contribution in [0.5, 0.6) is 0 Å². The van der Waals surface area contributed by atoms with Crippen LogP contribution in [-0.4, -0.2) is 23.8 Å². The van der Waals surface area contributed by atoms with Crippen LogP contribution in [0.1, 0.15) is 5.69 Å². The first-order valence-electron chi connectivity index (χ1n) is 4.07. The lowest BCUT2D eigenvalue weighted by Crippen LogP contribution is -2.03. The number of nitrogens with two attached hydrogens (primary N) is 1. The lowest BCUT2D eigenvalue weighted by atomic mass is 10.3. The Morgan fingerprint density at radius 1 is 1.71 bits per heavy atom. The van der Waals surface area contributed by atoms with Gasteiger partial charge in [0.1, 0.15) is 0 Å². The molecule has 1 heterocycles. The van der Waals surface area contributed by atoms with E-state index < -0.39 is 0 Å². The Bertz CT molecular complexity index is 317. The van der Waals surface area contributed by atoms with Gasteiger partial charge in [-0.2, -0.15) is 0 Å². The smallest absolute Gasteiger partial charge is 0.315 e. The minimum Gasteiger partial charge on any atom is -0.468 e. The zero-order valence-corrected chi connectivity index (χ0v) is 8.71. The van der Waals surface area contributed by atoms with Crippen LogP contribution in [0.3, 0.4) is 0 Å². The maximum atomic E-state index is 10.8. The highest BCUT2D eigenvalue weighted by Gasteiger charge is 2.01. The number of carbonyl (C=O) groups excluding carboxylic acids is 1. The van der Waals surface area contributed by atoms with E-state index in [0.717, 1.165) is 5.69 Å². The lowest BCUT2D eigenvalue weighted by molar-refractivity contribution is -0.137. The van der Waals surface area contributed by atoms with E-state index >= 15 is 0 Å². The minimum absolute atomic E-state index is 0.223. The van der Waals surface area contributed by atoms with Crippen molar-refractivity contribution in [2.75, 3.05) is 18.6 Å². The molecule has 1 rings (SSSR count). The number of thioether (sulfide) groups is 1. The Balaban J connectivity index is 2.35. The number of hydrogen-bond acceptors (Lipinski definition) is 5. The van der Waals surface area contributed by atoms with Crippen LogP contribution in [0, 0.1) is 0 Å². The van der Waals surface area contributed by atoms with Gasteiger partial charge in [0.15, 0.2) is 0 Å². The topological polar surface area (TPSA) is 65.2 Å². The summed E-state index contributed by atoms with van der Waals surface area (Å²) in [5.74, 6) is 0.784. The molecular weight excluding hydrogens is 200 g/mol. The summed E-state index contributed by atoms with van der Waals surface area (Å²) < 4.78 is 4.51. The molecule has 0 aliphatic carbocycles. The molecule has 0 amide bonds. The summed E-state index contributed by atoms with van der Waals surface area (Å²) in [5.41, 5.74) is 7.14. The van der Waals surface area contributed by atoms with E-state index in [1.165, 1.54) is 18.9 Å². The Morgan fingerprint density at radius 2 is 2.50 bits per heavy atom. The van der Waals surface area contributed by atoms with Gasteiger partial charge in [-0.05, 0) is 12.1 Å². The molecule has 14 heavy (non-hydrogen) atoms. The van der Waals surface area contributed by atoms with E-state index in [2.05, 4.69) is 9.72 Å². The molecule has 0 fully saturated rings. The Kier molecular flexibility index (Phi) is 4.25. The van der Waals surface area contributed by atoms with Gasteiger partial charge < -0.3 is 10.5 Å². The summed E-state index contributed by atoms with van der Waals surface area (Å²) in [6.45, 7) is 0. The second-order valence-electron chi connectivity index (χ2n) is 2.65.